The van der Waals surface area contributed by atoms with Crippen LogP contribution in [0.15, 0.2) is 17.5 Å². The molecule has 0 amide bonds. The molecule has 0 saturated heterocycles. The van der Waals surface area contributed by atoms with Crippen LogP contribution in [0.1, 0.15) is 43.9 Å². The lowest BCUT2D eigenvalue weighted by Crippen LogP contribution is -2.40. The van der Waals surface area contributed by atoms with E-state index >= 15 is 0 Å². The van der Waals surface area contributed by atoms with Gasteiger partial charge in [-0.3, -0.25) is 0 Å². The van der Waals surface area contributed by atoms with E-state index in [9.17, 15) is 0 Å². The number of hydrogen-bond acceptors (Lipinski definition) is 2. The fourth-order valence-electron chi connectivity index (χ4n) is 3.11. The third kappa shape index (κ3) is 2.67. The molecule has 90 valence electrons. The van der Waals surface area contributed by atoms with Crippen LogP contribution < -0.4 is 5.32 Å². The van der Waals surface area contributed by atoms with Crippen LogP contribution in [0.3, 0.4) is 0 Å². The maximum absolute atomic E-state index is 3.55. The minimum absolute atomic E-state index is 0.548. The topological polar surface area (TPSA) is 12.0 Å². The Morgan fingerprint density at radius 3 is 2.75 bits per heavy atom. The summed E-state index contributed by atoms with van der Waals surface area (Å²) in [7, 11) is 2.13. The number of nitrogens with one attached hydrogen (secondary N) is 1. The second-order valence-electron chi connectivity index (χ2n) is 5.32. The molecule has 0 aromatic carbocycles. The van der Waals surface area contributed by atoms with Gasteiger partial charge in [0.05, 0.1) is 0 Å². The second kappa shape index (κ2) is 5.33. The maximum atomic E-state index is 3.55. The van der Waals surface area contributed by atoms with E-state index in [4.69, 9.17) is 0 Å². The molecule has 1 N–H and O–H groups in total. The van der Waals surface area contributed by atoms with Gasteiger partial charge in [0.25, 0.3) is 0 Å². The fraction of sp³-hybridized carbons (Fsp3) is 0.714. The van der Waals surface area contributed by atoms with Crippen molar-refractivity contribution < 1.29 is 0 Å². The highest BCUT2D eigenvalue weighted by molar-refractivity contribution is 7.09. The molecular weight excluding hydrogens is 214 g/mol. The average Bonchev–Trinajstić information content (AvgIpc) is 2.91. The summed E-state index contributed by atoms with van der Waals surface area (Å²) < 4.78 is 0. The van der Waals surface area contributed by atoms with Gasteiger partial charge in [0.1, 0.15) is 0 Å². The number of thiophene rings is 1. The molecule has 0 radical (unpaired) electrons. The van der Waals surface area contributed by atoms with Crippen LogP contribution in [0.5, 0.6) is 0 Å². The predicted molar refractivity (Wildman–Crippen MR) is 72.1 cm³/mol. The zero-order valence-electron chi connectivity index (χ0n) is 10.5. The molecule has 0 spiro atoms. The Labute approximate surface area is 103 Å². The predicted octanol–water partition coefficient (Wildman–Crippen LogP) is 3.85. The Bertz CT molecular complexity index is 299. The molecule has 1 atom stereocenters. The van der Waals surface area contributed by atoms with Gasteiger partial charge in [-0.15, -0.1) is 11.3 Å². The van der Waals surface area contributed by atoms with Gasteiger partial charge in [-0.1, -0.05) is 25.8 Å². The molecule has 1 heterocycles. The zero-order chi connectivity index (χ0) is 11.4. The third-order valence-electron chi connectivity index (χ3n) is 4.20. The molecule has 1 aromatic rings. The summed E-state index contributed by atoms with van der Waals surface area (Å²) in [5, 5.41) is 5.73. The standard InChI is InChI=1S/C14H23NS/c1-14(9-3-4-10-14)13(15-2)8-7-12-6-5-11-16-12/h5-6,11,13,15H,3-4,7-10H2,1-2H3. The smallest absolute Gasteiger partial charge is 0.0121 e. The van der Waals surface area contributed by atoms with Crippen LogP contribution in [-0.2, 0) is 6.42 Å². The van der Waals surface area contributed by atoms with E-state index in [0.29, 0.717) is 11.5 Å². The summed E-state index contributed by atoms with van der Waals surface area (Å²) >= 11 is 1.89. The highest BCUT2D eigenvalue weighted by Gasteiger charge is 2.35. The van der Waals surface area contributed by atoms with Gasteiger partial charge >= 0.3 is 0 Å². The lowest BCUT2D eigenvalue weighted by atomic mass is 9.78. The molecule has 0 aliphatic heterocycles. The molecule has 2 heteroatoms. The van der Waals surface area contributed by atoms with Crippen molar-refractivity contribution in [2.45, 2.75) is 51.5 Å². The van der Waals surface area contributed by atoms with Crippen molar-refractivity contribution in [1.82, 2.24) is 5.32 Å². The monoisotopic (exact) mass is 237 g/mol. The van der Waals surface area contributed by atoms with Crippen molar-refractivity contribution in [3.8, 4) is 0 Å². The van der Waals surface area contributed by atoms with Crippen molar-refractivity contribution in [2.24, 2.45) is 5.41 Å². The van der Waals surface area contributed by atoms with Crippen LogP contribution in [0, 0.1) is 5.41 Å². The van der Waals surface area contributed by atoms with Crippen LogP contribution in [0.4, 0.5) is 0 Å². The lowest BCUT2D eigenvalue weighted by Gasteiger charge is -2.34. The summed E-state index contributed by atoms with van der Waals surface area (Å²) in [6.45, 7) is 2.47. The average molecular weight is 237 g/mol. The largest absolute Gasteiger partial charge is 0.316 e. The van der Waals surface area contributed by atoms with E-state index in [-0.39, 0.29) is 0 Å². The molecule has 1 saturated carbocycles. The molecule has 1 fully saturated rings. The van der Waals surface area contributed by atoms with Crippen molar-refractivity contribution >= 4 is 11.3 Å². The SMILES string of the molecule is CNC(CCc1cccs1)C1(C)CCCC1. The van der Waals surface area contributed by atoms with Gasteiger partial charge in [0.15, 0.2) is 0 Å². The van der Waals surface area contributed by atoms with Crippen LogP contribution in [0.25, 0.3) is 0 Å². The van der Waals surface area contributed by atoms with E-state index in [1.165, 1.54) is 43.4 Å². The molecule has 1 aliphatic rings. The Hall–Kier alpha value is -0.340. The summed E-state index contributed by atoms with van der Waals surface area (Å²) in [6, 6.07) is 5.11. The lowest BCUT2D eigenvalue weighted by molar-refractivity contribution is 0.220. The first-order chi connectivity index (χ1) is 7.74. The first-order valence-corrected chi connectivity index (χ1v) is 7.32. The van der Waals surface area contributed by atoms with E-state index in [1.807, 2.05) is 11.3 Å². The Kier molecular flexibility index (Phi) is 4.04. The summed E-state index contributed by atoms with van der Waals surface area (Å²) in [5.74, 6) is 0. The van der Waals surface area contributed by atoms with Crippen molar-refractivity contribution in [2.75, 3.05) is 7.05 Å². The minimum atomic E-state index is 0.548. The second-order valence-corrected chi connectivity index (χ2v) is 6.35. The fourth-order valence-corrected chi connectivity index (χ4v) is 3.84. The van der Waals surface area contributed by atoms with E-state index in [1.54, 1.807) is 0 Å². The van der Waals surface area contributed by atoms with Gasteiger partial charge in [-0.2, -0.15) is 0 Å². The van der Waals surface area contributed by atoms with Gasteiger partial charge in [-0.05, 0) is 49.6 Å². The van der Waals surface area contributed by atoms with E-state index < -0.39 is 0 Å². The molecule has 2 rings (SSSR count). The summed E-state index contributed by atoms with van der Waals surface area (Å²) in [4.78, 5) is 1.53. The van der Waals surface area contributed by atoms with Gasteiger partial charge in [-0.25, -0.2) is 0 Å². The van der Waals surface area contributed by atoms with Gasteiger partial charge in [0.2, 0.25) is 0 Å². The Morgan fingerprint density at radius 1 is 1.44 bits per heavy atom. The molecule has 1 nitrogen and oxygen atoms in total. The molecule has 16 heavy (non-hydrogen) atoms. The van der Waals surface area contributed by atoms with E-state index in [2.05, 4.69) is 36.8 Å². The molecule has 1 unspecified atom stereocenters. The normalized spacial score (nSPS) is 21.1. The summed E-state index contributed by atoms with van der Waals surface area (Å²) in [5.41, 5.74) is 0.548. The zero-order valence-corrected chi connectivity index (χ0v) is 11.3. The molecular formula is C14H23NS. The molecule has 1 aliphatic carbocycles. The number of aryl methyl sites for hydroxylation is 1. The summed E-state index contributed by atoms with van der Waals surface area (Å²) in [6.07, 6.45) is 8.18. The highest BCUT2D eigenvalue weighted by atomic mass is 32.1. The quantitative estimate of drug-likeness (QED) is 0.820. The molecule has 0 bridgehead atoms. The number of rotatable bonds is 5. The van der Waals surface area contributed by atoms with Gasteiger partial charge in [0, 0.05) is 10.9 Å². The van der Waals surface area contributed by atoms with Crippen LogP contribution >= 0.6 is 11.3 Å². The van der Waals surface area contributed by atoms with Gasteiger partial charge < -0.3 is 5.32 Å². The van der Waals surface area contributed by atoms with E-state index in [0.717, 1.165) is 0 Å². The minimum Gasteiger partial charge on any atom is -0.316 e. The van der Waals surface area contributed by atoms with Crippen molar-refractivity contribution in [1.29, 1.82) is 0 Å². The third-order valence-corrected chi connectivity index (χ3v) is 5.13. The van der Waals surface area contributed by atoms with Crippen molar-refractivity contribution in [3.05, 3.63) is 22.4 Å². The van der Waals surface area contributed by atoms with Crippen LogP contribution in [0.2, 0.25) is 0 Å². The Balaban J connectivity index is 1.90. The molecule has 1 aromatic heterocycles. The Morgan fingerprint density at radius 2 is 2.19 bits per heavy atom. The maximum Gasteiger partial charge on any atom is 0.0121 e. The first-order valence-electron chi connectivity index (χ1n) is 6.44. The first kappa shape index (κ1) is 12.1. The highest BCUT2D eigenvalue weighted by Crippen LogP contribution is 2.41. The number of hydrogen-bond donors (Lipinski definition) is 1. The van der Waals surface area contributed by atoms with Crippen molar-refractivity contribution in [3.63, 3.8) is 0 Å². The van der Waals surface area contributed by atoms with Crippen LogP contribution in [-0.4, -0.2) is 13.1 Å².